The van der Waals surface area contributed by atoms with Crippen LogP contribution in [0.2, 0.25) is 0 Å². The molecule has 0 unspecified atom stereocenters. The number of anilines is 1. The van der Waals surface area contributed by atoms with Crippen molar-refractivity contribution in [3.63, 3.8) is 0 Å². The number of nitrogens with two attached hydrogens (primary N) is 1. The zero-order valence-corrected chi connectivity index (χ0v) is 20.4. The third-order valence-corrected chi connectivity index (χ3v) is 5.61. The average Bonchev–Trinajstić information content (AvgIpc) is 2.91. The predicted octanol–water partition coefficient (Wildman–Crippen LogP) is 4.18. The van der Waals surface area contributed by atoms with Crippen molar-refractivity contribution in [3.8, 4) is 5.75 Å². The van der Waals surface area contributed by atoms with Gasteiger partial charge >= 0.3 is 6.03 Å². The maximum Gasteiger partial charge on any atom is 0.318 e. The summed E-state index contributed by atoms with van der Waals surface area (Å²) in [5, 5.41) is 21.1. The van der Waals surface area contributed by atoms with Crippen molar-refractivity contribution < 1.29 is 14.6 Å². The molecule has 0 aliphatic carbocycles. The number of nitrogens with zero attached hydrogens (tertiary/aromatic N) is 1. The van der Waals surface area contributed by atoms with Crippen LogP contribution >= 0.6 is 0 Å². The minimum absolute atomic E-state index is 0.235. The second kappa shape index (κ2) is 13.1. The molecule has 0 fully saturated rings. The molecular weight excluding hydrogens is 466 g/mol. The van der Waals surface area contributed by atoms with Crippen LogP contribution in [0.1, 0.15) is 5.56 Å². The van der Waals surface area contributed by atoms with Gasteiger partial charge in [-0.2, -0.15) is 0 Å². The van der Waals surface area contributed by atoms with E-state index in [4.69, 9.17) is 10.5 Å². The number of guanidine groups is 1. The van der Waals surface area contributed by atoms with Crippen molar-refractivity contribution in [2.24, 2.45) is 10.7 Å². The Kier molecular flexibility index (Phi) is 9.07. The number of ether oxygens (including phenoxy) is 1. The van der Waals surface area contributed by atoms with Gasteiger partial charge < -0.3 is 26.2 Å². The molecule has 8 nitrogen and oxygen atoms in total. The van der Waals surface area contributed by atoms with E-state index in [0.717, 1.165) is 34.2 Å². The van der Waals surface area contributed by atoms with Crippen LogP contribution in [0, 0.1) is 0 Å². The van der Waals surface area contributed by atoms with E-state index in [0.29, 0.717) is 18.8 Å². The highest BCUT2D eigenvalue weighted by molar-refractivity contribution is 6.06. The first-order valence-electron chi connectivity index (χ1n) is 12.1. The fourth-order valence-corrected chi connectivity index (χ4v) is 3.79. The number of nitrogens with one attached hydrogen (secondary N) is 3. The number of aliphatic hydroxyl groups is 1. The number of fused-ring (bicyclic) bond motifs is 1. The van der Waals surface area contributed by atoms with Crippen LogP contribution in [0.25, 0.3) is 10.8 Å². The largest absolute Gasteiger partial charge is 0.491 e. The average molecular weight is 498 g/mol. The molecule has 0 aliphatic rings. The molecule has 0 saturated heterocycles. The maximum absolute atomic E-state index is 11.6. The van der Waals surface area contributed by atoms with Crippen molar-refractivity contribution >= 4 is 34.1 Å². The number of carbonyl (C=O) groups excluding carboxylic acids is 1. The summed E-state index contributed by atoms with van der Waals surface area (Å²) in [5.74, 6) is 0.983. The molecule has 0 heterocycles. The minimum Gasteiger partial charge on any atom is -0.491 e. The molecule has 0 aromatic heterocycles. The van der Waals surface area contributed by atoms with Crippen molar-refractivity contribution in [2.75, 3.05) is 25.0 Å². The van der Waals surface area contributed by atoms with E-state index in [9.17, 15) is 9.90 Å². The number of hydrogen-bond donors (Lipinski definition) is 5. The van der Waals surface area contributed by atoms with Gasteiger partial charge in [-0.3, -0.25) is 5.32 Å². The van der Waals surface area contributed by atoms with Gasteiger partial charge in [0.05, 0.1) is 5.69 Å². The normalized spacial score (nSPS) is 12.2. The molecule has 1 atom stereocenters. The zero-order chi connectivity index (χ0) is 25.9. The molecule has 2 amide bonds. The highest BCUT2D eigenvalue weighted by atomic mass is 16.5. The van der Waals surface area contributed by atoms with E-state index in [1.807, 2.05) is 97.1 Å². The summed E-state index contributed by atoms with van der Waals surface area (Å²) in [5.41, 5.74) is 7.98. The lowest BCUT2D eigenvalue weighted by molar-refractivity contribution is 0.106. The second-order valence-corrected chi connectivity index (χ2v) is 8.50. The molecule has 6 N–H and O–H groups in total. The van der Waals surface area contributed by atoms with E-state index in [2.05, 4.69) is 20.9 Å². The molecule has 8 heteroatoms. The van der Waals surface area contributed by atoms with Gasteiger partial charge in [0, 0.05) is 17.6 Å². The number of aliphatic hydroxyl groups excluding tert-OH is 1. The van der Waals surface area contributed by atoms with Crippen LogP contribution < -0.4 is 26.4 Å². The number of rotatable bonds is 10. The molecule has 0 radical (unpaired) electrons. The third kappa shape index (κ3) is 8.06. The number of benzene rings is 4. The van der Waals surface area contributed by atoms with Crippen molar-refractivity contribution in [1.82, 2.24) is 10.6 Å². The van der Waals surface area contributed by atoms with Crippen molar-refractivity contribution in [3.05, 3.63) is 103 Å². The number of primary amides is 1. The first kappa shape index (κ1) is 25.7. The first-order valence-corrected chi connectivity index (χ1v) is 12.1. The summed E-state index contributed by atoms with van der Waals surface area (Å²) >= 11 is 0. The van der Waals surface area contributed by atoms with Crippen molar-refractivity contribution in [1.29, 1.82) is 0 Å². The molecular formula is C29H31N5O3. The lowest BCUT2D eigenvalue weighted by Crippen LogP contribution is -2.39. The Morgan fingerprint density at radius 1 is 0.919 bits per heavy atom. The standard InChI is InChI=1S/C29H31N5O3/c30-28(36)34-29(33-27-12-6-8-22-7-4-5-11-26(22)27)32-23-15-13-21(14-16-23)17-18-31-19-24(35)20-37-25-9-2-1-3-10-25/h1-16,24,31,35H,17-20H2,(H4,30,32,33,34,36)/t24-/m0/s1. The lowest BCUT2D eigenvalue weighted by atomic mass is 10.1. The van der Waals surface area contributed by atoms with Gasteiger partial charge in [-0.05, 0) is 54.2 Å². The molecule has 37 heavy (non-hydrogen) atoms. The number of hydrogen-bond acceptors (Lipinski definition) is 5. The van der Waals surface area contributed by atoms with E-state index < -0.39 is 12.1 Å². The fraction of sp³-hybridized carbons (Fsp3) is 0.172. The number of carbonyl (C=O) groups is 1. The van der Waals surface area contributed by atoms with Crippen LogP contribution in [0.5, 0.6) is 5.75 Å². The van der Waals surface area contributed by atoms with Gasteiger partial charge in [0.1, 0.15) is 18.5 Å². The Labute approximate surface area is 216 Å². The monoisotopic (exact) mass is 497 g/mol. The van der Waals surface area contributed by atoms with Gasteiger partial charge in [0.2, 0.25) is 5.96 Å². The Bertz CT molecular complexity index is 1320. The van der Waals surface area contributed by atoms with Crippen LogP contribution in [0.4, 0.5) is 16.2 Å². The van der Waals surface area contributed by atoms with Gasteiger partial charge in [-0.15, -0.1) is 0 Å². The maximum atomic E-state index is 11.6. The van der Waals surface area contributed by atoms with E-state index >= 15 is 0 Å². The van der Waals surface area contributed by atoms with Crippen LogP contribution in [0.15, 0.2) is 102 Å². The van der Waals surface area contributed by atoms with Crippen LogP contribution in [-0.4, -0.2) is 42.9 Å². The van der Waals surface area contributed by atoms with E-state index in [-0.39, 0.29) is 12.6 Å². The number of amides is 2. The SMILES string of the molecule is NC(=O)NC(=Nc1cccc2ccccc12)Nc1ccc(CCNC[C@H](O)COc2ccccc2)cc1. The second-order valence-electron chi connectivity index (χ2n) is 8.50. The Hall–Kier alpha value is -4.40. The minimum atomic E-state index is -0.703. The molecule has 0 spiro atoms. The molecule has 0 saturated carbocycles. The Balaban J connectivity index is 1.29. The number of para-hydroxylation sites is 1. The quantitative estimate of drug-likeness (QED) is 0.128. The highest BCUT2D eigenvalue weighted by Gasteiger charge is 2.07. The van der Waals surface area contributed by atoms with Gasteiger partial charge in [0.15, 0.2) is 0 Å². The van der Waals surface area contributed by atoms with Crippen LogP contribution in [0.3, 0.4) is 0 Å². The summed E-state index contributed by atoms with van der Waals surface area (Å²) in [6.45, 7) is 1.39. The molecule has 0 aliphatic heterocycles. The molecule has 0 bridgehead atoms. The lowest BCUT2D eigenvalue weighted by Gasteiger charge is -2.14. The summed E-state index contributed by atoms with van der Waals surface area (Å²) in [6, 6.07) is 30.3. The van der Waals surface area contributed by atoms with Gasteiger partial charge in [-0.1, -0.05) is 66.7 Å². The molecule has 4 rings (SSSR count). The summed E-state index contributed by atoms with van der Waals surface area (Å²) in [6.07, 6.45) is 0.201. The summed E-state index contributed by atoms with van der Waals surface area (Å²) in [4.78, 5) is 16.2. The Morgan fingerprint density at radius 3 is 2.43 bits per heavy atom. The smallest absolute Gasteiger partial charge is 0.318 e. The summed E-state index contributed by atoms with van der Waals surface area (Å²) < 4.78 is 5.57. The zero-order valence-electron chi connectivity index (χ0n) is 20.4. The molecule has 4 aromatic rings. The third-order valence-electron chi connectivity index (χ3n) is 5.61. The summed E-state index contributed by atoms with van der Waals surface area (Å²) in [7, 11) is 0. The Morgan fingerprint density at radius 2 is 1.65 bits per heavy atom. The van der Waals surface area contributed by atoms with E-state index in [1.165, 1.54) is 0 Å². The fourth-order valence-electron chi connectivity index (χ4n) is 3.79. The van der Waals surface area contributed by atoms with E-state index in [1.54, 1.807) is 0 Å². The topological polar surface area (TPSA) is 121 Å². The number of aliphatic imine (C=N–C) groups is 1. The van der Waals surface area contributed by atoms with Gasteiger partial charge in [-0.25, -0.2) is 9.79 Å². The molecule has 190 valence electrons. The van der Waals surface area contributed by atoms with Crippen molar-refractivity contribution in [2.45, 2.75) is 12.5 Å². The first-order chi connectivity index (χ1) is 18.1. The van der Waals surface area contributed by atoms with Crippen LogP contribution in [-0.2, 0) is 6.42 Å². The number of urea groups is 1. The van der Waals surface area contributed by atoms with Gasteiger partial charge in [0.25, 0.3) is 0 Å². The molecule has 4 aromatic carbocycles. The highest BCUT2D eigenvalue weighted by Crippen LogP contribution is 2.25. The predicted molar refractivity (Wildman–Crippen MR) is 148 cm³/mol.